The minimum Gasteiger partial charge on any atom is -0.454 e. The van der Waals surface area contributed by atoms with Gasteiger partial charge in [0.05, 0.1) is 5.69 Å². The van der Waals surface area contributed by atoms with Crippen LogP contribution in [0.25, 0.3) is 11.3 Å². The minimum absolute atomic E-state index is 0.178. The third-order valence-electron chi connectivity index (χ3n) is 5.35. The molecule has 1 amide bonds. The van der Waals surface area contributed by atoms with Gasteiger partial charge in [0.15, 0.2) is 6.61 Å². The van der Waals surface area contributed by atoms with Crippen molar-refractivity contribution in [1.82, 2.24) is 25.1 Å². The predicted octanol–water partition coefficient (Wildman–Crippen LogP) is 1.56. The molecule has 2 aliphatic carbocycles. The lowest BCUT2D eigenvalue weighted by Crippen LogP contribution is -2.57. The summed E-state index contributed by atoms with van der Waals surface area (Å²) in [6, 6.07) is 2.44. The zero-order valence-corrected chi connectivity index (χ0v) is 15.2. The van der Waals surface area contributed by atoms with E-state index in [-0.39, 0.29) is 18.5 Å². The van der Waals surface area contributed by atoms with E-state index in [1.54, 1.807) is 0 Å². The van der Waals surface area contributed by atoms with Crippen LogP contribution in [-0.2, 0) is 11.3 Å². The van der Waals surface area contributed by atoms with E-state index in [0.29, 0.717) is 17.2 Å². The maximum Gasteiger partial charge on any atom is 0.422 e. The smallest absolute Gasteiger partial charge is 0.422 e. The number of amides is 1. The Hall–Kier alpha value is -2.98. The summed E-state index contributed by atoms with van der Waals surface area (Å²) in [5.74, 6) is 1.01. The fourth-order valence-corrected chi connectivity index (χ4v) is 3.66. The molecule has 154 valence electrons. The molecular weight excluding hydrogens is 391 g/mol. The summed E-state index contributed by atoms with van der Waals surface area (Å²) in [7, 11) is 0. The average molecular weight is 409 g/mol. The van der Waals surface area contributed by atoms with Gasteiger partial charge < -0.3 is 10.1 Å². The van der Waals surface area contributed by atoms with E-state index in [4.69, 9.17) is 0 Å². The fraction of sp³-hybridized carbons (Fsp3) is 0.500. The number of hydrogen-bond donors (Lipinski definition) is 1. The molecule has 11 heteroatoms. The van der Waals surface area contributed by atoms with Gasteiger partial charge in [-0.3, -0.25) is 9.59 Å². The number of rotatable bonds is 6. The molecule has 2 aromatic rings. The Morgan fingerprint density at radius 3 is 2.59 bits per heavy atom. The molecule has 2 fully saturated rings. The highest BCUT2D eigenvalue weighted by Crippen LogP contribution is 2.49. The van der Waals surface area contributed by atoms with Crippen molar-refractivity contribution in [2.75, 3.05) is 6.61 Å². The lowest BCUT2D eigenvalue weighted by atomic mass is 9.56. The summed E-state index contributed by atoms with van der Waals surface area (Å²) in [5, 5.41) is 7.08. The van der Waals surface area contributed by atoms with E-state index in [0.717, 1.165) is 23.4 Å². The predicted molar refractivity (Wildman–Crippen MR) is 93.8 cm³/mol. The molecule has 0 bridgehead atoms. The third-order valence-corrected chi connectivity index (χ3v) is 5.35. The van der Waals surface area contributed by atoms with E-state index < -0.39 is 24.4 Å². The quantitative estimate of drug-likeness (QED) is 0.778. The third kappa shape index (κ3) is 4.38. The molecule has 2 saturated carbocycles. The first-order valence-corrected chi connectivity index (χ1v) is 9.18. The molecular formula is C18H18F3N5O3. The van der Waals surface area contributed by atoms with Crippen LogP contribution in [0.3, 0.4) is 0 Å². The molecule has 0 radical (unpaired) electrons. The molecule has 2 aliphatic rings. The number of halogens is 3. The first-order chi connectivity index (χ1) is 13.8. The number of fused-ring (bicyclic) bond motifs is 1. The number of aromatic nitrogens is 4. The average Bonchev–Trinajstić information content (AvgIpc) is 2.65. The lowest BCUT2D eigenvalue weighted by Gasteiger charge is -2.53. The van der Waals surface area contributed by atoms with Crippen molar-refractivity contribution < 1.29 is 22.7 Å². The van der Waals surface area contributed by atoms with Crippen LogP contribution >= 0.6 is 0 Å². The van der Waals surface area contributed by atoms with Crippen molar-refractivity contribution in [1.29, 1.82) is 0 Å². The summed E-state index contributed by atoms with van der Waals surface area (Å²) in [6.45, 7) is -1.71. The number of carbonyl (C=O) groups excluding carboxylic acids is 1. The van der Waals surface area contributed by atoms with E-state index in [9.17, 15) is 22.8 Å². The summed E-state index contributed by atoms with van der Waals surface area (Å²) >= 11 is 0. The number of nitrogens with zero attached hydrogens (tertiary/aromatic N) is 4. The highest BCUT2D eigenvalue weighted by atomic mass is 19.4. The van der Waals surface area contributed by atoms with Gasteiger partial charge in [-0.25, -0.2) is 14.6 Å². The van der Waals surface area contributed by atoms with E-state index in [1.165, 1.54) is 30.9 Å². The standard InChI is InChI=1S/C18H18F3N5O3/c19-18(20,21)9-29-17-22-6-11(7-23-17)13-3-4-16(28)26(25-13)8-15(27)24-14-5-10-1-2-12(10)14/h3-4,6-7,10,12,14H,1-2,5,8-9H2,(H,24,27). The summed E-state index contributed by atoms with van der Waals surface area (Å²) < 4.78 is 42.0. The Morgan fingerprint density at radius 2 is 2.00 bits per heavy atom. The van der Waals surface area contributed by atoms with Crippen LogP contribution in [0.2, 0.25) is 0 Å². The van der Waals surface area contributed by atoms with Gasteiger partial charge in [0.1, 0.15) is 6.54 Å². The van der Waals surface area contributed by atoms with Crippen molar-refractivity contribution in [2.24, 2.45) is 11.8 Å². The molecule has 0 aliphatic heterocycles. The Balaban J connectivity index is 1.41. The second-order valence-corrected chi connectivity index (χ2v) is 7.28. The van der Waals surface area contributed by atoms with E-state index in [2.05, 4.69) is 25.1 Å². The summed E-state index contributed by atoms with van der Waals surface area (Å²) in [4.78, 5) is 31.7. The van der Waals surface area contributed by atoms with Gasteiger partial charge in [0.2, 0.25) is 5.91 Å². The number of ether oxygens (including phenoxy) is 1. The van der Waals surface area contributed by atoms with Gasteiger partial charge in [-0.2, -0.15) is 18.3 Å². The molecule has 4 rings (SSSR count). The maximum absolute atomic E-state index is 12.2. The molecule has 3 atom stereocenters. The summed E-state index contributed by atoms with van der Waals surface area (Å²) in [6.07, 6.45) is 1.33. The molecule has 3 unspecified atom stereocenters. The van der Waals surface area contributed by atoms with Crippen LogP contribution < -0.4 is 15.6 Å². The second-order valence-electron chi connectivity index (χ2n) is 7.28. The van der Waals surface area contributed by atoms with Crippen LogP contribution in [0.1, 0.15) is 19.3 Å². The number of carbonyl (C=O) groups is 1. The van der Waals surface area contributed by atoms with Gasteiger partial charge in [-0.05, 0) is 37.2 Å². The van der Waals surface area contributed by atoms with Crippen molar-refractivity contribution in [3.63, 3.8) is 0 Å². The number of alkyl halides is 3. The zero-order valence-electron chi connectivity index (χ0n) is 15.2. The molecule has 8 nitrogen and oxygen atoms in total. The molecule has 29 heavy (non-hydrogen) atoms. The molecule has 2 aromatic heterocycles. The van der Waals surface area contributed by atoms with Gasteiger partial charge in [-0.15, -0.1) is 0 Å². The topological polar surface area (TPSA) is 99.0 Å². The van der Waals surface area contributed by atoms with Crippen molar-refractivity contribution in [2.45, 2.75) is 38.0 Å². The van der Waals surface area contributed by atoms with Crippen LogP contribution in [0.4, 0.5) is 13.2 Å². The number of hydrogen-bond acceptors (Lipinski definition) is 6. The largest absolute Gasteiger partial charge is 0.454 e. The van der Waals surface area contributed by atoms with Crippen LogP contribution in [0, 0.1) is 11.8 Å². The summed E-state index contributed by atoms with van der Waals surface area (Å²) in [5.41, 5.74) is 0.238. The van der Waals surface area contributed by atoms with Crippen molar-refractivity contribution in [3.8, 4) is 17.3 Å². The van der Waals surface area contributed by atoms with E-state index >= 15 is 0 Å². The Labute approximate surface area is 163 Å². The Morgan fingerprint density at radius 1 is 1.24 bits per heavy atom. The zero-order chi connectivity index (χ0) is 20.6. The highest BCUT2D eigenvalue weighted by molar-refractivity contribution is 5.76. The van der Waals surface area contributed by atoms with Gasteiger partial charge in [-0.1, -0.05) is 0 Å². The first-order valence-electron chi connectivity index (χ1n) is 9.18. The monoisotopic (exact) mass is 409 g/mol. The Kier molecular flexibility index (Phi) is 4.97. The van der Waals surface area contributed by atoms with Crippen molar-refractivity contribution >= 4 is 5.91 Å². The second kappa shape index (κ2) is 7.45. The van der Waals surface area contributed by atoms with Crippen molar-refractivity contribution in [3.05, 3.63) is 34.9 Å². The molecule has 1 N–H and O–H groups in total. The molecule has 0 saturated heterocycles. The normalized spacial score (nSPS) is 22.8. The maximum atomic E-state index is 12.2. The molecule has 0 aromatic carbocycles. The lowest BCUT2D eigenvalue weighted by molar-refractivity contribution is -0.154. The van der Waals surface area contributed by atoms with Crippen LogP contribution in [0.15, 0.2) is 29.3 Å². The van der Waals surface area contributed by atoms with Gasteiger partial charge in [0.25, 0.3) is 5.56 Å². The van der Waals surface area contributed by atoms with Crippen LogP contribution in [0.5, 0.6) is 6.01 Å². The Bertz CT molecular complexity index is 960. The molecule has 2 heterocycles. The fourth-order valence-electron chi connectivity index (χ4n) is 3.66. The minimum atomic E-state index is -4.49. The van der Waals surface area contributed by atoms with Gasteiger partial charge >= 0.3 is 12.2 Å². The first kappa shape index (κ1) is 19.3. The van der Waals surface area contributed by atoms with E-state index in [1.807, 2.05) is 0 Å². The SMILES string of the molecule is O=C(Cn1nc(-c2cnc(OCC(F)(F)F)nc2)ccc1=O)NC1CC2CCC21. The highest BCUT2D eigenvalue weighted by Gasteiger charge is 2.47. The van der Waals surface area contributed by atoms with Gasteiger partial charge in [0, 0.05) is 30.1 Å². The van der Waals surface area contributed by atoms with Crippen LogP contribution in [-0.4, -0.2) is 44.5 Å². The molecule has 0 spiro atoms. The number of nitrogens with one attached hydrogen (secondary N) is 1.